The second-order valence-corrected chi connectivity index (χ2v) is 7.03. The Morgan fingerprint density at radius 2 is 2.24 bits per heavy atom. The second-order valence-electron chi connectivity index (χ2n) is 4.32. The van der Waals surface area contributed by atoms with E-state index >= 15 is 0 Å². The number of hydrogen-bond donors (Lipinski definition) is 2. The van der Waals surface area contributed by atoms with E-state index in [0.717, 1.165) is 37.2 Å². The first-order valence-corrected chi connectivity index (χ1v) is 8.28. The molecule has 1 heterocycles. The van der Waals surface area contributed by atoms with Crippen LogP contribution < -0.4 is 10.0 Å². The van der Waals surface area contributed by atoms with Gasteiger partial charge < -0.3 is 5.32 Å². The molecule has 1 saturated carbocycles. The topological polar surface area (TPSA) is 58.2 Å². The van der Waals surface area contributed by atoms with Crippen LogP contribution in [0.3, 0.4) is 0 Å². The van der Waals surface area contributed by atoms with Gasteiger partial charge in [-0.2, -0.15) is 0 Å². The van der Waals surface area contributed by atoms with Crippen molar-refractivity contribution in [1.82, 2.24) is 10.0 Å². The van der Waals surface area contributed by atoms with Crippen LogP contribution in [0.1, 0.15) is 31.1 Å². The molecule has 1 aromatic rings. The Kier molecular flexibility index (Phi) is 4.19. The van der Waals surface area contributed by atoms with E-state index in [0.29, 0.717) is 4.90 Å². The number of rotatable bonds is 7. The van der Waals surface area contributed by atoms with Crippen LogP contribution in [0.4, 0.5) is 0 Å². The van der Waals surface area contributed by atoms with Gasteiger partial charge in [0.15, 0.2) is 0 Å². The van der Waals surface area contributed by atoms with Crippen molar-refractivity contribution in [3.05, 3.63) is 16.3 Å². The molecule has 0 amide bonds. The van der Waals surface area contributed by atoms with Crippen molar-refractivity contribution in [3.63, 3.8) is 0 Å². The van der Waals surface area contributed by atoms with Gasteiger partial charge in [-0.05, 0) is 31.9 Å². The van der Waals surface area contributed by atoms with Crippen LogP contribution in [-0.2, 0) is 16.6 Å². The molecule has 96 valence electrons. The first-order valence-electron chi connectivity index (χ1n) is 5.92. The van der Waals surface area contributed by atoms with Gasteiger partial charge >= 0.3 is 0 Å². The quantitative estimate of drug-likeness (QED) is 0.744. The smallest absolute Gasteiger partial charge is 0.241 e. The monoisotopic (exact) mass is 274 g/mol. The number of thiophene rings is 1. The second kappa shape index (κ2) is 5.48. The maximum Gasteiger partial charge on any atom is 0.241 e. The van der Waals surface area contributed by atoms with E-state index in [1.165, 1.54) is 11.3 Å². The lowest BCUT2D eigenvalue weighted by Crippen LogP contribution is -2.25. The highest BCUT2D eigenvalue weighted by molar-refractivity contribution is 7.89. The van der Waals surface area contributed by atoms with Crippen molar-refractivity contribution in [1.29, 1.82) is 0 Å². The zero-order chi connectivity index (χ0) is 12.3. The van der Waals surface area contributed by atoms with Gasteiger partial charge in [0.2, 0.25) is 10.0 Å². The van der Waals surface area contributed by atoms with E-state index in [1.54, 1.807) is 11.4 Å². The highest BCUT2D eigenvalue weighted by atomic mass is 32.2. The Morgan fingerprint density at radius 3 is 2.88 bits per heavy atom. The lowest BCUT2D eigenvalue weighted by Gasteiger charge is -2.02. The molecule has 4 nitrogen and oxygen atoms in total. The maximum atomic E-state index is 11.9. The summed E-state index contributed by atoms with van der Waals surface area (Å²) in [6.07, 6.45) is 3.02. The average molecular weight is 274 g/mol. The van der Waals surface area contributed by atoms with Crippen LogP contribution in [0.5, 0.6) is 0 Å². The predicted octanol–water partition coefficient (Wildman–Crippen LogP) is 1.69. The molecular formula is C11H18N2O2S2. The van der Waals surface area contributed by atoms with Crippen LogP contribution in [-0.4, -0.2) is 21.0 Å². The predicted molar refractivity (Wildman–Crippen MR) is 69.7 cm³/mol. The lowest BCUT2D eigenvalue weighted by atomic mass is 10.4. The van der Waals surface area contributed by atoms with Crippen molar-refractivity contribution in [2.75, 3.05) is 6.54 Å². The molecule has 17 heavy (non-hydrogen) atoms. The molecule has 1 aromatic heterocycles. The molecule has 1 aliphatic carbocycles. The van der Waals surface area contributed by atoms with Gasteiger partial charge in [-0.25, -0.2) is 13.1 Å². The number of nitrogens with one attached hydrogen (secondary N) is 2. The maximum absolute atomic E-state index is 11.9. The van der Waals surface area contributed by atoms with Crippen molar-refractivity contribution < 1.29 is 8.42 Å². The fourth-order valence-electron chi connectivity index (χ4n) is 1.47. The Hall–Kier alpha value is -0.430. The third-order valence-corrected chi connectivity index (χ3v) is 5.15. The summed E-state index contributed by atoms with van der Waals surface area (Å²) < 4.78 is 26.5. The molecule has 1 fully saturated rings. The molecule has 0 atom stereocenters. The van der Waals surface area contributed by atoms with Gasteiger partial charge in [-0.15, -0.1) is 11.3 Å². The fourth-order valence-corrected chi connectivity index (χ4v) is 4.02. The summed E-state index contributed by atoms with van der Waals surface area (Å²) >= 11 is 1.49. The molecule has 2 rings (SSSR count). The minimum atomic E-state index is -3.27. The summed E-state index contributed by atoms with van der Waals surface area (Å²) in [6, 6.07) is 1.93. The normalized spacial score (nSPS) is 16.3. The van der Waals surface area contributed by atoms with Gasteiger partial charge in [-0.3, -0.25) is 0 Å². The molecule has 0 unspecified atom stereocenters. The van der Waals surface area contributed by atoms with Crippen molar-refractivity contribution in [2.45, 2.75) is 43.7 Å². The van der Waals surface area contributed by atoms with Crippen LogP contribution in [0.15, 0.2) is 16.3 Å². The van der Waals surface area contributed by atoms with Crippen molar-refractivity contribution in [3.8, 4) is 0 Å². The van der Waals surface area contributed by atoms with Gasteiger partial charge in [0, 0.05) is 22.8 Å². The minimum Gasteiger partial charge on any atom is -0.312 e. The van der Waals surface area contributed by atoms with E-state index < -0.39 is 10.0 Å². The van der Waals surface area contributed by atoms with Crippen molar-refractivity contribution >= 4 is 21.4 Å². The lowest BCUT2D eigenvalue weighted by molar-refractivity contribution is 0.581. The molecule has 0 aromatic carbocycles. The third kappa shape index (κ3) is 3.77. The molecular weight excluding hydrogens is 256 g/mol. The Bertz CT molecular complexity index is 464. The molecule has 2 N–H and O–H groups in total. The van der Waals surface area contributed by atoms with E-state index in [-0.39, 0.29) is 6.04 Å². The SMILES string of the molecule is CCCNCc1cc(S(=O)(=O)NC2CC2)cs1. The Labute approximate surface area is 106 Å². The minimum absolute atomic E-state index is 0.168. The van der Waals surface area contributed by atoms with E-state index in [4.69, 9.17) is 0 Å². The first-order chi connectivity index (χ1) is 8.12. The molecule has 0 radical (unpaired) electrons. The summed E-state index contributed by atoms with van der Waals surface area (Å²) in [7, 11) is -3.27. The summed E-state index contributed by atoms with van der Waals surface area (Å²) in [5, 5.41) is 4.98. The van der Waals surface area contributed by atoms with Crippen LogP contribution >= 0.6 is 11.3 Å². The summed E-state index contributed by atoms with van der Waals surface area (Å²) in [4.78, 5) is 1.47. The summed E-state index contributed by atoms with van der Waals surface area (Å²) in [6.45, 7) is 3.81. The first kappa shape index (κ1) is 13.0. The number of hydrogen-bond acceptors (Lipinski definition) is 4. The van der Waals surface area contributed by atoms with Gasteiger partial charge in [0.05, 0.1) is 4.90 Å². The standard InChI is InChI=1S/C11H18N2O2S2/c1-2-5-12-7-10-6-11(8-16-10)17(14,15)13-9-3-4-9/h6,8-9,12-13H,2-5,7H2,1H3. The zero-order valence-corrected chi connectivity index (χ0v) is 11.5. The molecule has 0 saturated heterocycles. The van der Waals surface area contributed by atoms with Gasteiger partial charge in [0.1, 0.15) is 0 Å². The molecule has 0 aliphatic heterocycles. The Balaban J connectivity index is 1.96. The van der Waals surface area contributed by atoms with Crippen molar-refractivity contribution in [2.24, 2.45) is 0 Å². The third-order valence-electron chi connectivity index (χ3n) is 2.57. The molecule has 0 bridgehead atoms. The fraction of sp³-hybridized carbons (Fsp3) is 0.636. The molecule has 0 spiro atoms. The van der Waals surface area contributed by atoms with Gasteiger partial charge in [-0.1, -0.05) is 6.92 Å². The Morgan fingerprint density at radius 1 is 1.47 bits per heavy atom. The van der Waals surface area contributed by atoms with Crippen LogP contribution in [0, 0.1) is 0 Å². The highest BCUT2D eigenvalue weighted by Gasteiger charge is 2.28. The van der Waals surface area contributed by atoms with E-state index in [2.05, 4.69) is 17.0 Å². The highest BCUT2D eigenvalue weighted by Crippen LogP contribution is 2.24. The number of sulfonamides is 1. The summed E-state index contributed by atoms with van der Waals surface area (Å²) in [5.74, 6) is 0. The molecule has 1 aliphatic rings. The van der Waals surface area contributed by atoms with E-state index in [1.807, 2.05) is 0 Å². The van der Waals surface area contributed by atoms with Crippen LogP contribution in [0.25, 0.3) is 0 Å². The average Bonchev–Trinajstić information content (AvgIpc) is 2.94. The van der Waals surface area contributed by atoms with E-state index in [9.17, 15) is 8.42 Å². The summed E-state index contributed by atoms with van der Waals surface area (Å²) in [5.41, 5.74) is 0. The largest absolute Gasteiger partial charge is 0.312 e. The zero-order valence-electron chi connectivity index (χ0n) is 9.90. The van der Waals surface area contributed by atoms with Crippen LogP contribution in [0.2, 0.25) is 0 Å². The molecule has 6 heteroatoms. The van der Waals surface area contributed by atoms with Gasteiger partial charge in [0.25, 0.3) is 0 Å².